The van der Waals surface area contributed by atoms with E-state index in [1.165, 1.54) is 12.8 Å². The van der Waals surface area contributed by atoms with Gasteiger partial charge in [-0.15, -0.1) is 0 Å². The van der Waals surface area contributed by atoms with Crippen molar-refractivity contribution < 1.29 is 43.8 Å². The highest BCUT2D eigenvalue weighted by Gasteiger charge is 2.36. The fourth-order valence-electron chi connectivity index (χ4n) is 3.20. The van der Waals surface area contributed by atoms with E-state index in [2.05, 4.69) is 22.2 Å². The molecule has 0 saturated carbocycles. The summed E-state index contributed by atoms with van der Waals surface area (Å²) in [6.45, 7) is 3.50. The molecular formula is C21H44O10S2. The van der Waals surface area contributed by atoms with Gasteiger partial charge in [-0.05, 0) is 12.8 Å². The molecule has 33 heavy (non-hydrogen) atoms. The molecule has 0 aromatic carbocycles. The second kappa shape index (κ2) is 18.9. The lowest BCUT2D eigenvalue weighted by Gasteiger charge is -2.31. The number of rotatable bonds is 24. The summed E-state index contributed by atoms with van der Waals surface area (Å²) in [5, 5.41) is 0. The molecule has 0 aliphatic heterocycles. The lowest BCUT2D eigenvalue weighted by molar-refractivity contribution is -0.0683. The van der Waals surface area contributed by atoms with Crippen LogP contribution in [0.1, 0.15) is 90.9 Å². The van der Waals surface area contributed by atoms with E-state index in [0.29, 0.717) is 13.2 Å². The summed E-state index contributed by atoms with van der Waals surface area (Å²) in [5.41, 5.74) is -1.37. The molecular weight excluding hydrogens is 476 g/mol. The summed E-state index contributed by atoms with van der Waals surface area (Å²) in [6, 6.07) is 0. The van der Waals surface area contributed by atoms with Gasteiger partial charge >= 0.3 is 20.8 Å². The molecule has 0 heterocycles. The quantitative estimate of drug-likeness (QED) is 0.139. The van der Waals surface area contributed by atoms with Crippen LogP contribution in [-0.2, 0) is 38.6 Å². The minimum Gasteiger partial charge on any atom is -0.381 e. The lowest BCUT2D eigenvalue weighted by atomic mass is 9.92. The second-order valence-corrected chi connectivity index (χ2v) is 10.7. The minimum absolute atomic E-state index is 0.135. The van der Waals surface area contributed by atoms with Crippen LogP contribution in [0.5, 0.6) is 0 Å². The molecule has 0 amide bonds. The first-order chi connectivity index (χ1) is 15.5. The van der Waals surface area contributed by atoms with Gasteiger partial charge in [0, 0.05) is 13.2 Å². The zero-order chi connectivity index (χ0) is 25.1. The van der Waals surface area contributed by atoms with Gasteiger partial charge in [0.1, 0.15) is 0 Å². The molecule has 0 spiro atoms. The maximum absolute atomic E-state index is 11.1. The van der Waals surface area contributed by atoms with Crippen molar-refractivity contribution in [1.82, 2.24) is 0 Å². The average molecular weight is 521 g/mol. The maximum atomic E-state index is 11.1. The normalized spacial score (nSPS) is 13.0. The van der Waals surface area contributed by atoms with Gasteiger partial charge in [-0.3, -0.25) is 9.11 Å². The summed E-state index contributed by atoms with van der Waals surface area (Å²) < 4.78 is 82.9. The van der Waals surface area contributed by atoms with Gasteiger partial charge in [0.25, 0.3) is 0 Å². The molecule has 0 atom stereocenters. The first-order valence-corrected chi connectivity index (χ1v) is 14.7. The van der Waals surface area contributed by atoms with Crippen molar-refractivity contribution >= 4 is 20.8 Å². The highest BCUT2D eigenvalue weighted by Crippen LogP contribution is 2.23. The van der Waals surface area contributed by atoms with E-state index in [1.807, 2.05) is 0 Å². The van der Waals surface area contributed by atoms with Gasteiger partial charge in [0.2, 0.25) is 0 Å². The Hall–Kier alpha value is -0.340. The molecule has 0 bridgehead atoms. The van der Waals surface area contributed by atoms with Crippen molar-refractivity contribution in [3.05, 3.63) is 0 Å². The maximum Gasteiger partial charge on any atom is 0.397 e. The number of hydrogen-bond donors (Lipinski definition) is 2. The van der Waals surface area contributed by atoms with Crippen LogP contribution >= 0.6 is 0 Å². The van der Waals surface area contributed by atoms with Gasteiger partial charge in [0.15, 0.2) is 0 Å². The molecule has 12 heteroatoms. The highest BCUT2D eigenvalue weighted by molar-refractivity contribution is 7.81. The summed E-state index contributed by atoms with van der Waals surface area (Å²) in [6.07, 6.45) is 12.7. The molecule has 0 aliphatic carbocycles. The van der Waals surface area contributed by atoms with E-state index in [-0.39, 0.29) is 13.2 Å². The number of ether oxygens (including phenoxy) is 2. The van der Waals surface area contributed by atoms with E-state index in [1.54, 1.807) is 0 Å². The van der Waals surface area contributed by atoms with Crippen LogP contribution in [0.3, 0.4) is 0 Å². The Balaban J connectivity index is 4.86. The zero-order valence-electron chi connectivity index (χ0n) is 20.2. The molecule has 0 aromatic heterocycles. The van der Waals surface area contributed by atoms with E-state index < -0.39 is 39.4 Å². The smallest absolute Gasteiger partial charge is 0.381 e. The van der Waals surface area contributed by atoms with Crippen LogP contribution in [0.15, 0.2) is 0 Å². The third-order valence-corrected chi connectivity index (χ3v) is 5.96. The van der Waals surface area contributed by atoms with Crippen LogP contribution < -0.4 is 0 Å². The predicted molar refractivity (Wildman–Crippen MR) is 126 cm³/mol. The molecule has 10 nitrogen and oxygen atoms in total. The van der Waals surface area contributed by atoms with Crippen molar-refractivity contribution in [2.45, 2.75) is 90.9 Å². The molecule has 0 saturated heterocycles. The molecule has 0 unspecified atom stereocenters. The molecule has 200 valence electrons. The van der Waals surface area contributed by atoms with Crippen LogP contribution in [0.25, 0.3) is 0 Å². The minimum atomic E-state index is -4.79. The van der Waals surface area contributed by atoms with Gasteiger partial charge in [-0.25, -0.2) is 8.37 Å². The molecule has 0 aromatic rings. The van der Waals surface area contributed by atoms with Crippen LogP contribution in [0.4, 0.5) is 0 Å². The van der Waals surface area contributed by atoms with Gasteiger partial charge < -0.3 is 9.47 Å². The largest absolute Gasteiger partial charge is 0.397 e. The summed E-state index contributed by atoms with van der Waals surface area (Å²) >= 11 is 0. The standard InChI is InChI=1S/C21H44O10S2/c1-3-5-7-9-11-13-15-28-17-21(19-30-32(22,23)24,20-31-33(25,26)27)18-29-16-14-12-10-8-6-4-2/h3-20H2,1-2H3,(H,22,23,24)(H,25,26,27). The van der Waals surface area contributed by atoms with Crippen molar-refractivity contribution in [2.75, 3.05) is 39.6 Å². The molecule has 2 N–H and O–H groups in total. The van der Waals surface area contributed by atoms with E-state index >= 15 is 0 Å². The Morgan fingerprint density at radius 3 is 1.21 bits per heavy atom. The topological polar surface area (TPSA) is 146 Å². The van der Waals surface area contributed by atoms with E-state index in [0.717, 1.165) is 64.2 Å². The third-order valence-electron chi connectivity index (χ3n) is 5.13. The van der Waals surface area contributed by atoms with Crippen LogP contribution in [0, 0.1) is 5.41 Å². The zero-order valence-corrected chi connectivity index (χ0v) is 21.8. The Labute approximate surface area is 200 Å². The van der Waals surface area contributed by atoms with Crippen molar-refractivity contribution in [3.8, 4) is 0 Å². The van der Waals surface area contributed by atoms with E-state index in [9.17, 15) is 16.8 Å². The fourth-order valence-corrected chi connectivity index (χ4v) is 3.99. The fraction of sp³-hybridized carbons (Fsp3) is 1.00. The average Bonchev–Trinajstić information content (AvgIpc) is 2.73. The first-order valence-electron chi connectivity index (χ1n) is 11.9. The van der Waals surface area contributed by atoms with Crippen molar-refractivity contribution in [2.24, 2.45) is 5.41 Å². The predicted octanol–water partition coefficient (Wildman–Crippen LogP) is 4.37. The highest BCUT2D eigenvalue weighted by atomic mass is 32.3. The monoisotopic (exact) mass is 520 g/mol. The summed E-state index contributed by atoms with van der Waals surface area (Å²) in [4.78, 5) is 0. The number of unbranched alkanes of at least 4 members (excludes halogenated alkanes) is 10. The lowest BCUT2D eigenvalue weighted by Crippen LogP contribution is -2.43. The summed E-state index contributed by atoms with van der Waals surface area (Å²) in [7, 11) is -9.57. The Bertz CT molecular complexity index is 607. The van der Waals surface area contributed by atoms with Gasteiger partial charge in [-0.1, -0.05) is 78.1 Å². The third kappa shape index (κ3) is 21.9. The van der Waals surface area contributed by atoms with Gasteiger partial charge in [-0.2, -0.15) is 16.8 Å². The van der Waals surface area contributed by atoms with Crippen LogP contribution in [0.2, 0.25) is 0 Å². The molecule has 0 radical (unpaired) electrons. The Morgan fingerprint density at radius 1 is 0.545 bits per heavy atom. The van der Waals surface area contributed by atoms with E-state index in [4.69, 9.17) is 18.6 Å². The SMILES string of the molecule is CCCCCCCCOCC(COCCCCCCCC)(COS(=O)(=O)O)COS(=O)(=O)O. The second-order valence-electron chi connectivity index (χ2n) is 8.52. The molecule has 0 aliphatic rings. The number of hydrogen-bond acceptors (Lipinski definition) is 8. The Morgan fingerprint density at radius 2 is 0.879 bits per heavy atom. The first kappa shape index (κ1) is 32.7. The van der Waals surface area contributed by atoms with Crippen molar-refractivity contribution in [3.63, 3.8) is 0 Å². The van der Waals surface area contributed by atoms with Gasteiger partial charge in [0.05, 0.1) is 31.8 Å². The molecule has 0 fully saturated rings. The van der Waals surface area contributed by atoms with Crippen molar-refractivity contribution in [1.29, 1.82) is 0 Å². The Kier molecular flexibility index (Phi) is 18.7. The molecule has 0 rings (SSSR count). The van der Waals surface area contributed by atoms with Crippen LogP contribution in [-0.4, -0.2) is 65.6 Å². The summed E-state index contributed by atoms with van der Waals surface area (Å²) in [5.74, 6) is 0.